The SMILES string of the molecule is [2H]C=C([2H])c1c(C([2H])=C[2H])c(-c2c(-c3ccccc3)ccc3oc4ccccc4c23)c2c([2H])c([2H])c([2H])c([2H])c2c1-c1ccccc1-c1ccccc1. The molecule has 0 saturated carbocycles. The van der Waals surface area contributed by atoms with Crippen molar-refractivity contribution < 1.29 is 15.4 Å². The number of hydrogen-bond donors (Lipinski definition) is 0. The normalized spacial score (nSPS) is 14.8. The monoisotopic (exact) mass is 582 g/mol. The summed E-state index contributed by atoms with van der Waals surface area (Å²) in [5.74, 6) is 0. The Hall–Kier alpha value is -5.92. The zero-order valence-electron chi connectivity index (χ0n) is 32.1. The lowest BCUT2D eigenvalue weighted by atomic mass is 9.79. The molecule has 0 saturated heterocycles. The maximum absolute atomic E-state index is 9.58. The first-order chi connectivity index (χ1) is 25.8. The van der Waals surface area contributed by atoms with Gasteiger partial charge in [0.2, 0.25) is 0 Å². The summed E-state index contributed by atoms with van der Waals surface area (Å²) in [6, 6.07) is 35.7. The van der Waals surface area contributed by atoms with E-state index in [0.29, 0.717) is 33.2 Å². The van der Waals surface area contributed by atoms with E-state index in [2.05, 4.69) is 0 Å². The van der Waals surface area contributed by atoms with Crippen molar-refractivity contribution in [1.82, 2.24) is 0 Å². The van der Waals surface area contributed by atoms with Gasteiger partial charge in [0.05, 0.1) is 11.0 Å². The Labute approximate surface area is 274 Å². The molecule has 1 heteroatoms. The second-order valence-electron chi connectivity index (χ2n) is 10.8. The fourth-order valence-corrected chi connectivity index (χ4v) is 6.50. The van der Waals surface area contributed by atoms with Crippen LogP contribution in [0.25, 0.3) is 89.3 Å². The molecule has 0 fully saturated rings. The molecule has 0 spiro atoms. The van der Waals surface area contributed by atoms with E-state index >= 15 is 0 Å². The Morgan fingerprint density at radius 3 is 1.80 bits per heavy atom. The van der Waals surface area contributed by atoms with Crippen LogP contribution < -0.4 is 0 Å². The predicted octanol–water partition coefficient (Wildman–Crippen LogP) is 12.7. The largest absolute Gasteiger partial charge is 0.456 e. The van der Waals surface area contributed by atoms with Gasteiger partial charge in [0.25, 0.3) is 0 Å². The van der Waals surface area contributed by atoms with Gasteiger partial charge in [-0.15, -0.1) is 0 Å². The Kier molecular flexibility index (Phi) is 4.72. The van der Waals surface area contributed by atoms with E-state index in [-0.39, 0.29) is 57.2 Å². The van der Waals surface area contributed by atoms with Gasteiger partial charge in [0.1, 0.15) is 11.2 Å². The smallest absolute Gasteiger partial charge is 0.136 e. The van der Waals surface area contributed by atoms with Gasteiger partial charge in [-0.1, -0.05) is 159 Å². The highest BCUT2D eigenvalue weighted by Crippen LogP contribution is 2.50. The Morgan fingerprint density at radius 2 is 1.09 bits per heavy atom. The van der Waals surface area contributed by atoms with Crippen molar-refractivity contribution >= 4 is 44.8 Å². The average molecular weight is 583 g/mol. The molecular formula is C44H30O. The van der Waals surface area contributed by atoms with Crippen molar-refractivity contribution in [2.45, 2.75) is 0 Å². The Morgan fingerprint density at radius 1 is 0.511 bits per heavy atom. The zero-order chi connectivity index (χ0) is 37.0. The lowest BCUT2D eigenvalue weighted by molar-refractivity contribution is 0.669. The van der Waals surface area contributed by atoms with Crippen molar-refractivity contribution in [1.29, 1.82) is 0 Å². The van der Waals surface area contributed by atoms with Crippen molar-refractivity contribution in [3.63, 3.8) is 0 Å². The van der Waals surface area contributed by atoms with Crippen LogP contribution in [0.3, 0.4) is 0 Å². The quantitative estimate of drug-likeness (QED) is 0.190. The van der Waals surface area contributed by atoms with E-state index in [1.54, 1.807) is 0 Å². The van der Waals surface area contributed by atoms with Crippen LogP contribution in [0, 0.1) is 0 Å². The molecule has 7 aromatic carbocycles. The molecule has 0 radical (unpaired) electrons. The molecule has 0 aliphatic rings. The van der Waals surface area contributed by atoms with Crippen molar-refractivity contribution in [2.24, 2.45) is 0 Å². The number of hydrogen-bond acceptors (Lipinski definition) is 1. The maximum Gasteiger partial charge on any atom is 0.136 e. The number of para-hydroxylation sites is 1. The number of benzene rings is 7. The van der Waals surface area contributed by atoms with E-state index in [1.165, 1.54) is 0 Å². The van der Waals surface area contributed by atoms with E-state index in [1.807, 2.05) is 121 Å². The van der Waals surface area contributed by atoms with Gasteiger partial charge in [-0.05, 0) is 73.0 Å². The second kappa shape index (κ2) is 11.0. The fraction of sp³-hybridized carbons (Fsp3) is 0. The molecule has 0 atom stereocenters. The summed E-state index contributed by atoms with van der Waals surface area (Å²) >= 11 is 0. The molecular weight excluding hydrogens is 544 g/mol. The van der Waals surface area contributed by atoms with Crippen LogP contribution in [-0.2, 0) is 0 Å². The topological polar surface area (TPSA) is 13.1 Å². The molecule has 0 bridgehead atoms. The third-order valence-electron chi connectivity index (χ3n) is 8.39. The summed E-state index contributed by atoms with van der Waals surface area (Å²) in [6.45, 7) is 1.75. The minimum Gasteiger partial charge on any atom is -0.456 e. The molecule has 0 amide bonds. The second-order valence-corrected chi connectivity index (χ2v) is 10.8. The van der Waals surface area contributed by atoms with E-state index < -0.39 is 12.1 Å². The minimum absolute atomic E-state index is 0.0962. The predicted molar refractivity (Wildman–Crippen MR) is 193 cm³/mol. The standard InChI is InChI=1S/C44H30O/c1-3-31-32(4-2)42(37-24-14-13-23-36(37)41(31)35-22-12-11-21-33(35)29-17-7-5-8-18-29)44-34(30-19-9-6-10-20-30)27-28-40-43(44)38-25-15-16-26-39(38)45-40/h3-28H,1-2H2/i1D,2D,3D,4D,13D,14D,23D,24D. The van der Waals surface area contributed by atoms with Crippen molar-refractivity contribution in [2.75, 3.05) is 0 Å². The molecule has 45 heavy (non-hydrogen) atoms. The van der Waals surface area contributed by atoms with Gasteiger partial charge in [0, 0.05) is 16.3 Å². The highest BCUT2D eigenvalue weighted by molar-refractivity contribution is 6.22. The van der Waals surface area contributed by atoms with Crippen LogP contribution in [-0.4, -0.2) is 0 Å². The first-order valence-corrected chi connectivity index (χ1v) is 14.6. The van der Waals surface area contributed by atoms with Gasteiger partial charge in [-0.2, -0.15) is 0 Å². The zero-order valence-corrected chi connectivity index (χ0v) is 24.1. The van der Waals surface area contributed by atoms with E-state index in [4.69, 9.17) is 9.90 Å². The molecule has 0 aliphatic carbocycles. The van der Waals surface area contributed by atoms with E-state index in [0.717, 1.165) is 35.2 Å². The van der Waals surface area contributed by atoms with Gasteiger partial charge in [-0.3, -0.25) is 0 Å². The number of fused-ring (bicyclic) bond motifs is 4. The van der Waals surface area contributed by atoms with Crippen molar-refractivity contribution in [3.8, 4) is 44.5 Å². The number of furan rings is 1. The Bertz CT molecular complexity index is 2800. The molecule has 0 aliphatic heterocycles. The maximum atomic E-state index is 9.58. The lowest BCUT2D eigenvalue weighted by Gasteiger charge is -2.23. The molecule has 8 aromatic rings. The summed E-state index contributed by atoms with van der Waals surface area (Å²) in [6.07, 6.45) is 0. The van der Waals surface area contributed by atoms with Crippen LogP contribution in [0.4, 0.5) is 0 Å². The van der Waals surface area contributed by atoms with Gasteiger partial charge in [-0.25, -0.2) is 0 Å². The van der Waals surface area contributed by atoms with Crippen LogP contribution in [0.2, 0.25) is 0 Å². The molecule has 1 aromatic heterocycles. The molecule has 0 unspecified atom stereocenters. The van der Waals surface area contributed by atoms with Crippen molar-refractivity contribution in [3.05, 3.63) is 170 Å². The molecule has 1 heterocycles. The third-order valence-corrected chi connectivity index (χ3v) is 8.39. The summed E-state index contributed by atoms with van der Waals surface area (Å²) < 4.78 is 79.0. The molecule has 212 valence electrons. The minimum atomic E-state index is -0.459. The highest BCUT2D eigenvalue weighted by Gasteiger charge is 2.25. The third kappa shape index (κ3) is 4.24. The average Bonchev–Trinajstić information content (AvgIpc) is 3.59. The van der Waals surface area contributed by atoms with Crippen LogP contribution in [0.5, 0.6) is 0 Å². The molecule has 0 N–H and O–H groups in total. The summed E-state index contributed by atoms with van der Waals surface area (Å²) in [5, 5.41) is 1.67. The van der Waals surface area contributed by atoms with Crippen LogP contribution in [0.15, 0.2) is 163 Å². The van der Waals surface area contributed by atoms with Crippen LogP contribution >= 0.6 is 0 Å². The van der Waals surface area contributed by atoms with Crippen LogP contribution in [0.1, 0.15) is 22.1 Å². The first kappa shape index (κ1) is 19.4. The molecule has 1 nitrogen and oxygen atoms in total. The summed E-state index contributed by atoms with van der Waals surface area (Å²) in [4.78, 5) is 0. The van der Waals surface area contributed by atoms with E-state index in [9.17, 15) is 5.48 Å². The summed E-state index contributed by atoms with van der Waals surface area (Å²) in [5.41, 5.74) is 5.98. The molecule has 8 rings (SSSR count). The van der Waals surface area contributed by atoms with Gasteiger partial charge >= 0.3 is 0 Å². The fourth-order valence-electron chi connectivity index (χ4n) is 6.50. The lowest BCUT2D eigenvalue weighted by Crippen LogP contribution is -1.98. The first-order valence-electron chi connectivity index (χ1n) is 18.8. The Balaban J connectivity index is 1.73. The van der Waals surface area contributed by atoms with Gasteiger partial charge in [0.15, 0.2) is 0 Å². The highest BCUT2D eigenvalue weighted by atomic mass is 16.3. The number of rotatable bonds is 6. The summed E-state index contributed by atoms with van der Waals surface area (Å²) in [7, 11) is 0. The van der Waals surface area contributed by atoms with Gasteiger partial charge < -0.3 is 4.42 Å².